The largest absolute Gasteiger partial charge is 0.291 e. The first kappa shape index (κ1) is 22.6. The van der Waals surface area contributed by atoms with E-state index in [4.69, 9.17) is 4.99 Å². The normalized spacial score (nSPS) is 16.9. The van der Waals surface area contributed by atoms with Gasteiger partial charge < -0.3 is 0 Å². The van der Waals surface area contributed by atoms with Crippen LogP contribution in [0.15, 0.2) is 47.5 Å². The third kappa shape index (κ3) is 5.98. The molecule has 30 heavy (non-hydrogen) atoms. The lowest BCUT2D eigenvalue weighted by Gasteiger charge is -2.24. The van der Waals surface area contributed by atoms with Crippen LogP contribution in [0.3, 0.4) is 0 Å². The minimum atomic E-state index is -0.0238. The van der Waals surface area contributed by atoms with Crippen molar-refractivity contribution in [3.8, 4) is 0 Å². The first-order valence-electron chi connectivity index (χ1n) is 10.8. The van der Waals surface area contributed by atoms with Gasteiger partial charge in [0.2, 0.25) is 5.91 Å². The van der Waals surface area contributed by atoms with Gasteiger partial charge in [0, 0.05) is 18.7 Å². The Morgan fingerprint density at radius 3 is 2.40 bits per heavy atom. The molecule has 3 rings (SSSR count). The quantitative estimate of drug-likeness (QED) is 0.569. The topological polar surface area (TPSA) is 32.7 Å². The van der Waals surface area contributed by atoms with Gasteiger partial charge in [-0.3, -0.25) is 14.7 Å². The molecular formula is C26H34N2OS. The van der Waals surface area contributed by atoms with Gasteiger partial charge in [-0.2, -0.15) is 0 Å². The number of rotatable bonds is 5. The maximum atomic E-state index is 12.9. The van der Waals surface area contributed by atoms with Gasteiger partial charge in [-0.1, -0.05) is 86.1 Å². The Morgan fingerprint density at radius 2 is 1.77 bits per heavy atom. The molecule has 3 nitrogen and oxygen atoms in total. The number of amides is 1. The number of carbonyl (C=O) groups excluding carboxylic acids is 1. The Kier molecular flexibility index (Phi) is 7.07. The van der Waals surface area contributed by atoms with Crippen molar-refractivity contribution in [3.63, 3.8) is 0 Å². The minimum Gasteiger partial charge on any atom is -0.291 e. The van der Waals surface area contributed by atoms with E-state index in [1.165, 1.54) is 27.8 Å². The second-order valence-electron chi connectivity index (χ2n) is 9.62. The molecule has 0 aliphatic carbocycles. The van der Waals surface area contributed by atoms with Crippen LogP contribution < -0.4 is 0 Å². The Bertz CT molecular complexity index is 922. The van der Waals surface area contributed by atoms with Crippen molar-refractivity contribution in [1.29, 1.82) is 0 Å². The lowest BCUT2D eigenvalue weighted by Crippen LogP contribution is -2.34. The zero-order chi connectivity index (χ0) is 21.9. The highest BCUT2D eigenvalue weighted by Crippen LogP contribution is 2.31. The van der Waals surface area contributed by atoms with Crippen LogP contribution in [-0.4, -0.2) is 28.3 Å². The number of aryl methyl sites for hydroxylation is 3. The van der Waals surface area contributed by atoms with E-state index in [2.05, 4.69) is 84.0 Å². The molecule has 1 aliphatic heterocycles. The van der Waals surface area contributed by atoms with E-state index in [-0.39, 0.29) is 17.4 Å². The molecule has 2 aromatic rings. The average Bonchev–Trinajstić information content (AvgIpc) is 3.08. The molecule has 0 aromatic heterocycles. The average molecular weight is 423 g/mol. The molecule has 0 spiro atoms. The summed E-state index contributed by atoms with van der Waals surface area (Å²) in [6.45, 7) is 13.5. The Hall–Kier alpha value is -2.07. The van der Waals surface area contributed by atoms with Crippen molar-refractivity contribution in [3.05, 3.63) is 70.3 Å². The van der Waals surface area contributed by atoms with Gasteiger partial charge in [0.1, 0.15) is 0 Å². The van der Waals surface area contributed by atoms with Crippen LogP contribution in [0.5, 0.6) is 0 Å². The van der Waals surface area contributed by atoms with Gasteiger partial charge in [-0.15, -0.1) is 0 Å². The number of hydrogen-bond donors (Lipinski definition) is 0. The second-order valence-corrected chi connectivity index (χ2v) is 10.7. The van der Waals surface area contributed by atoms with Crippen LogP contribution in [0.1, 0.15) is 61.1 Å². The maximum absolute atomic E-state index is 12.9. The summed E-state index contributed by atoms with van der Waals surface area (Å²) in [5.41, 5.74) is 6.30. The highest BCUT2D eigenvalue weighted by molar-refractivity contribution is 8.14. The second kappa shape index (κ2) is 9.38. The molecule has 1 amide bonds. The summed E-state index contributed by atoms with van der Waals surface area (Å²) in [6, 6.07) is 15.2. The fourth-order valence-electron chi connectivity index (χ4n) is 4.02. The molecular weight excluding hydrogens is 388 g/mol. The summed E-state index contributed by atoms with van der Waals surface area (Å²) in [5.74, 6) is 1.10. The van der Waals surface area contributed by atoms with Gasteiger partial charge in [0.15, 0.2) is 5.17 Å². The smallest absolute Gasteiger partial charge is 0.229 e. The molecule has 0 bridgehead atoms. The lowest BCUT2D eigenvalue weighted by atomic mass is 9.92. The molecule has 1 unspecified atom stereocenters. The van der Waals surface area contributed by atoms with Gasteiger partial charge >= 0.3 is 0 Å². The fraction of sp³-hybridized carbons (Fsp3) is 0.462. The van der Waals surface area contributed by atoms with E-state index in [1.807, 2.05) is 4.90 Å². The standard InChI is InChI=1S/C26H34N2OS/c1-18-13-19(2)15-21(14-18)16-23(22-10-8-7-9-20(22)3)27-25-28(11-12-30-25)24(29)17-26(4,5)6/h7-10,13-15,23H,11-12,16-17H2,1-6H3. The molecule has 1 heterocycles. The van der Waals surface area contributed by atoms with Crippen molar-refractivity contribution < 1.29 is 4.79 Å². The van der Waals surface area contributed by atoms with Gasteiger partial charge in [0.05, 0.1) is 6.04 Å². The van der Waals surface area contributed by atoms with Crippen molar-refractivity contribution in [2.45, 2.75) is 60.4 Å². The van der Waals surface area contributed by atoms with Crippen LogP contribution >= 0.6 is 11.8 Å². The zero-order valence-corrected chi connectivity index (χ0v) is 20.0. The van der Waals surface area contributed by atoms with E-state index in [0.717, 1.165) is 23.9 Å². The summed E-state index contributed by atoms with van der Waals surface area (Å²) >= 11 is 1.71. The summed E-state index contributed by atoms with van der Waals surface area (Å²) in [4.78, 5) is 20.0. The lowest BCUT2D eigenvalue weighted by molar-refractivity contribution is -0.128. The zero-order valence-electron chi connectivity index (χ0n) is 19.2. The van der Waals surface area contributed by atoms with Crippen molar-refractivity contribution >= 4 is 22.8 Å². The summed E-state index contributed by atoms with van der Waals surface area (Å²) < 4.78 is 0. The molecule has 0 N–H and O–H groups in total. The molecule has 0 radical (unpaired) electrons. The van der Waals surface area contributed by atoms with E-state index in [1.54, 1.807) is 11.8 Å². The summed E-state index contributed by atoms with van der Waals surface area (Å²) in [5, 5.41) is 0.877. The minimum absolute atomic E-state index is 0.00191. The maximum Gasteiger partial charge on any atom is 0.229 e. The van der Waals surface area contributed by atoms with Gasteiger partial charge in [0.25, 0.3) is 0 Å². The highest BCUT2D eigenvalue weighted by Gasteiger charge is 2.29. The predicted octanol–water partition coefficient (Wildman–Crippen LogP) is 6.26. The number of amidine groups is 1. The molecule has 0 saturated carbocycles. The van der Waals surface area contributed by atoms with Crippen LogP contribution in [0.4, 0.5) is 0 Å². The monoisotopic (exact) mass is 422 g/mol. The Balaban J connectivity index is 1.95. The third-order valence-electron chi connectivity index (χ3n) is 5.28. The number of aliphatic imine (C=N–C) groups is 1. The van der Waals surface area contributed by atoms with Gasteiger partial charge in [-0.25, -0.2) is 0 Å². The third-order valence-corrected chi connectivity index (χ3v) is 6.25. The van der Waals surface area contributed by atoms with Crippen molar-refractivity contribution in [2.24, 2.45) is 10.4 Å². The van der Waals surface area contributed by atoms with Crippen LogP contribution in [-0.2, 0) is 11.2 Å². The van der Waals surface area contributed by atoms with Gasteiger partial charge in [-0.05, 0) is 49.3 Å². The molecule has 1 fully saturated rings. The number of carbonyl (C=O) groups is 1. The summed E-state index contributed by atoms with van der Waals surface area (Å²) in [7, 11) is 0. The Morgan fingerprint density at radius 1 is 1.10 bits per heavy atom. The van der Waals surface area contributed by atoms with Crippen molar-refractivity contribution in [1.82, 2.24) is 4.90 Å². The molecule has 2 aromatic carbocycles. The van der Waals surface area contributed by atoms with Crippen LogP contribution in [0.25, 0.3) is 0 Å². The first-order chi connectivity index (χ1) is 14.1. The van der Waals surface area contributed by atoms with Crippen LogP contribution in [0, 0.1) is 26.2 Å². The molecule has 1 saturated heterocycles. The first-order valence-corrected chi connectivity index (χ1v) is 11.7. The molecule has 1 aliphatic rings. The number of benzene rings is 2. The highest BCUT2D eigenvalue weighted by atomic mass is 32.2. The van der Waals surface area contributed by atoms with E-state index >= 15 is 0 Å². The SMILES string of the molecule is Cc1cc(C)cc(CC(N=C2SCCN2C(=O)CC(C)(C)C)c2ccccc2C)c1. The fourth-order valence-corrected chi connectivity index (χ4v) is 5.03. The van der Waals surface area contributed by atoms with E-state index in [0.29, 0.717) is 6.42 Å². The number of thioether (sulfide) groups is 1. The molecule has 160 valence electrons. The van der Waals surface area contributed by atoms with Crippen molar-refractivity contribution in [2.75, 3.05) is 12.3 Å². The number of nitrogens with zero attached hydrogens (tertiary/aromatic N) is 2. The molecule has 4 heteroatoms. The number of hydrogen-bond acceptors (Lipinski definition) is 3. The van der Waals surface area contributed by atoms with E-state index < -0.39 is 0 Å². The predicted molar refractivity (Wildman–Crippen MR) is 129 cm³/mol. The summed E-state index contributed by atoms with van der Waals surface area (Å²) in [6.07, 6.45) is 1.37. The van der Waals surface area contributed by atoms with E-state index in [9.17, 15) is 4.79 Å². The van der Waals surface area contributed by atoms with Crippen LogP contribution in [0.2, 0.25) is 0 Å². The molecule has 1 atom stereocenters. The Labute approximate surface area is 186 Å².